The Morgan fingerprint density at radius 1 is 1.21 bits per heavy atom. The maximum atomic E-state index is 12.7. The van der Waals surface area contributed by atoms with Crippen LogP contribution in [0.4, 0.5) is 0 Å². The molecule has 1 saturated heterocycles. The summed E-state index contributed by atoms with van der Waals surface area (Å²) in [7, 11) is 0. The summed E-state index contributed by atoms with van der Waals surface area (Å²) in [5.41, 5.74) is 2.71. The monoisotopic (exact) mass is 344 g/mol. The molecule has 126 valence electrons. The second-order valence-electron chi connectivity index (χ2n) is 6.10. The smallest absolute Gasteiger partial charge is 0.251 e. The molecule has 0 radical (unpaired) electrons. The van der Waals surface area contributed by atoms with Crippen molar-refractivity contribution in [2.45, 2.75) is 25.0 Å². The zero-order chi connectivity index (χ0) is 16.9. The van der Waals surface area contributed by atoms with Gasteiger partial charge in [0, 0.05) is 17.1 Å². The van der Waals surface area contributed by atoms with Crippen molar-refractivity contribution < 1.29 is 9.90 Å². The Kier molecular flexibility index (Phi) is 5.51. The van der Waals surface area contributed by atoms with Crippen LogP contribution in [0.1, 0.15) is 27.9 Å². The van der Waals surface area contributed by atoms with E-state index in [1.54, 1.807) is 0 Å². The number of aliphatic hydroxyl groups is 1. The lowest BCUT2D eigenvalue weighted by Crippen LogP contribution is -2.52. The van der Waals surface area contributed by atoms with Crippen LogP contribution in [0.25, 0.3) is 0 Å². The molecule has 0 unspecified atom stereocenters. The number of nitrogens with one attached hydrogen (secondary N) is 2. The van der Waals surface area contributed by atoms with Gasteiger partial charge < -0.3 is 15.7 Å². The molecule has 1 amide bonds. The van der Waals surface area contributed by atoms with Crippen LogP contribution in [-0.2, 0) is 6.42 Å². The van der Waals surface area contributed by atoms with Crippen LogP contribution in [0, 0.1) is 0 Å². The van der Waals surface area contributed by atoms with Gasteiger partial charge in [0.1, 0.15) is 0 Å². The topological polar surface area (TPSA) is 61.4 Å². The van der Waals surface area contributed by atoms with Crippen molar-refractivity contribution in [3.63, 3.8) is 0 Å². The van der Waals surface area contributed by atoms with Gasteiger partial charge >= 0.3 is 0 Å². The molecule has 2 atom stereocenters. The SMILES string of the molecule is O=C(N[C@@H]1CCNC[C@H]1O)c1ccccc1Cc1ccc(Cl)cc1. The molecule has 0 aliphatic carbocycles. The highest BCUT2D eigenvalue weighted by atomic mass is 35.5. The average molecular weight is 345 g/mol. The molecule has 2 aromatic carbocycles. The van der Waals surface area contributed by atoms with E-state index >= 15 is 0 Å². The molecule has 4 nitrogen and oxygen atoms in total. The molecule has 1 heterocycles. The number of carbonyl (C=O) groups is 1. The molecule has 0 spiro atoms. The highest BCUT2D eigenvalue weighted by Crippen LogP contribution is 2.17. The standard InChI is InChI=1S/C19H21ClN2O2/c20-15-7-5-13(6-8-15)11-14-3-1-2-4-16(14)19(24)22-17-9-10-21-12-18(17)23/h1-8,17-18,21,23H,9-12H2,(H,22,24)/t17-,18-/m1/s1. The van der Waals surface area contributed by atoms with E-state index in [1.807, 2.05) is 48.5 Å². The van der Waals surface area contributed by atoms with Crippen molar-refractivity contribution in [1.82, 2.24) is 10.6 Å². The number of benzene rings is 2. The predicted molar refractivity (Wildman–Crippen MR) is 95.4 cm³/mol. The minimum Gasteiger partial charge on any atom is -0.390 e. The first-order valence-corrected chi connectivity index (χ1v) is 8.53. The second kappa shape index (κ2) is 7.79. The number of piperidine rings is 1. The Labute approximate surface area is 146 Å². The summed E-state index contributed by atoms with van der Waals surface area (Å²) < 4.78 is 0. The van der Waals surface area contributed by atoms with Crippen LogP contribution >= 0.6 is 11.6 Å². The van der Waals surface area contributed by atoms with E-state index in [0.29, 0.717) is 23.6 Å². The molecule has 24 heavy (non-hydrogen) atoms. The van der Waals surface area contributed by atoms with E-state index in [9.17, 15) is 9.90 Å². The summed E-state index contributed by atoms with van der Waals surface area (Å²) in [5, 5.41) is 16.8. The zero-order valence-corrected chi connectivity index (χ0v) is 14.1. The van der Waals surface area contributed by atoms with Crippen LogP contribution in [0.5, 0.6) is 0 Å². The number of β-amino-alcohol motifs (C(OH)–C–C–N with tert-alkyl or cyclic N) is 1. The maximum Gasteiger partial charge on any atom is 0.251 e. The molecule has 2 aromatic rings. The highest BCUT2D eigenvalue weighted by Gasteiger charge is 2.25. The predicted octanol–water partition coefficient (Wildman–Crippen LogP) is 2.38. The number of carbonyl (C=O) groups excluding carboxylic acids is 1. The van der Waals surface area contributed by atoms with Gasteiger partial charge in [0.25, 0.3) is 5.91 Å². The average Bonchev–Trinajstić information content (AvgIpc) is 2.59. The van der Waals surface area contributed by atoms with Gasteiger partial charge in [-0.05, 0) is 48.7 Å². The van der Waals surface area contributed by atoms with Gasteiger partial charge in [0.15, 0.2) is 0 Å². The summed E-state index contributed by atoms with van der Waals surface area (Å²) in [6, 6.07) is 15.0. The van der Waals surface area contributed by atoms with Crippen molar-refractivity contribution in [2.75, 3.05) is 13.1 Å². The Hall–Kier alpha value is -1.88. The van der Waals surface area contributed by atoms with E-state index in [4.69, 9.17) is 11.6 Å². The number of hydrogen-bond donors (Lipinski definition) is 3. The fourth-order valence-corrected chi connectivity index (χ4v) is 3.10. The molecule has 1 fully saturated rings. The van der Waals surface area contributed by atoms with Gasteiger partial charge in [0.05, 0.1) is 12.1 Å². The lowest BCUT2D eigenvalue weighted by atomic mass is 9.98. The number of amides is 1. The van der Waals surface area contributed by atoms with Crippen LogP contribution < -0.4 is 10.6 Å². The van der Waals surface area contributed by atoms with Gasteiger partial charge in [-0.1, -0.05) is 41.9 Å². The molecule has 5 heteroatoms. The highest BCUT2D eigenvalue weighted by molar-refractivity contribution is 6.30. The van der Waals surface area contributed by atoms with Gasteiger partial charge in [-0.25, -0.2) is 0 Å². The number of halogens is 1. The fourth-order valence-electron chi connectivity index (χ4n) is 2.97. The Balaban J connectivity index is 1.75. The van der Waals surface area contributed by atoms with Crippen LogP contribution in [0.3, 0.4) is 0 Å². The van der Waals surface area contributed by atoms with Gasteiger partial charge in [-0.2, -0.15) is 0 Å². The third-order valence-electron chi connectivity index (χ3n) is 4.34. The summed E-state index contributed by atoms with van der Waals surface area (Å²) in [4.78, 5) is 12.7. The largest absolute Gasteiger partial charge is 0.390 e. The first kappa shape index (κ1) is 17.0. The van der Waals surface area contributed by atoms with Gasteiger partial charge in [-0.15, -0.1) is 0 Å². The quantitative estimate of drug-likeness (QED) is 0.798. The number of hydrogen-bond acceptors (Lipinski definition) is 3. The molecular formula is C19H21ClN2O2. The molecule has 1 aliphatic heterocycles. The molecule has 0 saturated carbocycles. The normalized spacial score (nSPS) is 20.6. The lowest BCUT2D eigenvalue weighted by Gasteiger charge is -2.29. The van der Waals surface area contributed by atoms with E-state index in [0.717, 1.165) is 24.1 Å². The van der Waals surface area contributed by atoms with Gasteiger partial charge in [0.2, 0.25) is 0 Å². The molecule has 3 rings (SSSR count). The molecule has 3 N–H and O–H groups in total. The van der Waals surface area contributed by atoms with Crippen molar-refractivity contribution in [3.05, 3.63) is 70.2 Å². The summed E-state index contributed by atoms with van der Waals surface area (Å²) in [6.45, 7) is 1.31. The second-order valence-corrected chi connectivity index (χ2v) is 6.54. The van der Waals surface area contributed by atoms with Crippen LogP contribution in [0.15, 0.2) is 48.5 Å². The minimum atomic E-state index is -0.550. The fraction of sp³-hybridized carbons (Fsp3) is 0.316. The van der Waals surface area contributed by atoms with E-state index < -0.39 is 6.10 Å². The van der Waals surface area contributed by atoms with Crippen molar-refractivity contribution in [3.8, 4) is 0 Å². The van der Waals surface area contributed by atoms with Crippen molar-refractivity contribution >= 4 is 17.5 Å². The van der Waals surface area contributed by atoms with Crippen molar-refractivity contribution in [1.29, 1.82) is 0 Å². The molecule has 0 aromatic heterocycles. The van der Waals surface area contributed by atoms with Gasteiger partial charge in [-0.3, -0.25) is 4.79 Å². The van der Waals surface area contributed by atoms with E-state index in [-0.39, 0.29) is 11.9 Å². The Morgan fingerprint density at radius 2 is 1.96 bits per heavy atom. The van der Waals surface area contributed by atoms with E-state index in [1.165, 1.54) is 0 Å². The van der Waals surface area contributed by atoms with Crippen molar-refractivity contribution in [2.24, 2.45) is 0 Å². The summed E-state index contributed by atoms with van der Waals surface area (Å²) >= 11 is 5.93. The number of aliphatic hydroxyl groups excluding tert-OH is 1. The first-order valence-electron chi connectivity index (χ1n) is 8.15. The summed E-state index contributed by atoms with van der Waals surface area (Å²) in [6.07, 6.45) is 0.841. The zero-order valence-electron chi connectivity index (χ0n) is 13.3. The first-order chi connectivity index (χ1) is 11.6. The van der Waals surface area contributed by atoms with Crippen LogP contribution in [0.2, 0.25) is 5.02 Å². The third-order valence-corrected chi connectivity index (χ3v) is 4.59. The minimum absolute atomic E-state index is 0.134. The summed E-state index contributed by atoms with van der Waals surface area (Å²) in [5.74, 6) is -0.134. The lowest BCUT2D eigenvalue weighted by molar-refractivity contribution is 0.0764. The Bertz CT molecular complexity index is 703. The molecule has 0 bridgehead atoms. The number of rotatable bonds is 4. The maximum absolute atomic E-state index is 12.7. The Morgan fingerprint density at radius 3 is 2.71 bits per heavy atom. The van der Waals surface area contributed by atoms with Crippen LogP contribution in [-0.4, -0.2) is 36.2 Å². The van der Waals surface area contributed by atoms with E-state index in [2.05, 4.69) is 10.6 Å². The third kappa shape index (κ3) is 4.15. The molecular weight excluding hydrogens is 324 g/mol. The molecule has 1 aliphatic rings.